The lowest BCUT2D eigenvalue weighted by atomic mass is 9.74. The predicted octanol–water partition coefficient (Wildman–Crippen LogP) is 3.53. The van der Waals surface area contributed by atoms with E-state index in [4.69, 9.17) is 28.4 Å². The molecule has 3 aliphatic heterocycles. The molecule has 0 unspecified atom stereocenters. The van der Waals surface area contributed by atoms with Gasteiger partial charge in [0.15, 0.2) is 18.7 Å². The van der Waals surface area contributed by atoms with Crippen molar-refractivity contribution in [3.05, 3.63) is 0 Å². The molecule has 3 fully saturated rings. The minimum absolute atomic E-state index is 0.0394. The molecule has 0 saturated carbocycles. The van der Waals surface area contributed by atoms with Crippen molar-refractivity contribution in [1.29, 1.82) is 0 Å². The molecule has 14 heteroatoms. The zero-order valence-corrected chi connectivity index (χ0v) is 37.1. The van der Waals surface area contributed by atoms with Gasteiger partial charge in [0.2, 0.25) is 0 Å². The van der Waals surface area contributed by atoms with Crippen molar-refractivity contribution >= 4 is 11.8 Å². The first kappa shape index (κ1) is 49.1. The third kappa shape index (κ3) is 11.3. The van der Waals surface area contributed by atoms with Gasteiger partial charge in [0.05, 0.1) is 53.4 Å². The molecule has 0 aromatic heterocycles. The minimum atomic E-state index is -1.60. The van der Waals surface area contributed by atoms with E-state index < -0.39 is 95.8 Å². The van der Waals surface area contributed by atoms with E-state index in [-0.39, 0.29) is 49.5 Å². The van der Waals surface area contributed by atoms with Crippen molar-refractivity contribution in [3.63, 3.8) is 0 Å². The van der Waals surface area contributed by atoms with E-state index in [2.05, 4.69) is 0 Å². The molecule has 0 aliphatic carbocycles. The maximum Gasteiger partial charge on any atom is 0.306 e. The van der Waals surface area contributed by atoms with E-state index in [1.807, 2.05) is 65.6 Å². The predicted molar refractivity (Wildman–Crippen MR) is 212 cm³/mol. The number of hydrogen-bond donors (Lipinski definition) is 4. The Hall–Kier alpha value is -1.30. The number of methoxy groups -OCH3 is 1. The van der Waals surface area contributed by atoms with E-state index in [1.54, 1.807) is 41.5 Å². The molecular weight excluding hydrogens is 724 g/mol. The molecule has 56 heavy (non-hydrogen) atoms. The topological polar surface area (TPSA) is 177 Å². The number of ether oxygens (including phenoxy) is 6. The summed E-state index contributed by atoms with van der Waals surface area (Å²) >= 11 is 0. The molecule has 3 aliphatic rings. The van der Waals surface area contributed by atoms with E-state index in [9.17, 15) is 30.0 Å². The maximum absolute atomic E-state index is 14.6. The van der Waals surface area contributed by atoms with Crippen molar-refractivity contribution in [2.24, 2.45) is 23.7 Å². The van der Waals surface area contributed by atoms with Crippen molar-refractivity contribution < 1.29 is 58.4 Å². The van der Waals surface area contributed by atoms with Gasteiger partial charge in [0.1, 0.15) is 11.9 Å². The molecule has 18 atom stereocenters. The molecular formula is C42H78N2O12. The van der Waals surface area contributed by atoms with Crippen LogP contribution >= 0.6 is 0 Å². The van der Waals surface area contributed by atoms with Crippen LogP contribution in [0.3, 0.4) is 0 Å². The minimum Gasteiger partial charge on any atom is -0.455 e. The summed E-state index contributed by atoms with van der Waals surface area (Å²) < 4.78 is 38.3. The Morgan fingerprint density at radius 2 is 1.57 bits per heavy atom. The number of carbonyl (C=O) groups is 2. The molecule has 0 spiro atoms. The fourth-order valence-electron chi connectivity index (χ4n) is 9.51. The third-order valence-electron chi connectivity index (χ3n) is 13.4. The van der Waals surface area contributed by atoms with E-state index >= 15 is 0 Å². The van der Waals surface area contributed by atoms with Gasteiger partial charge in [-0.05, 0) is 87.4 Å². The second-order valence-corrected chi connectivity index (χ2v) is 18.4. The average Bonchev–Trinajstić information content (AvgIpc) is 3.12. The van der Waals surface area contributed by atoms with Crippen LogP contribution in [-0.2, 0) is 38.0 Å². The highest BCUT2D eigenvalue weighted by molar-refractivity contribution is 5.81. The summed E-state index contributed by atoms with van der Waals surface area (Å²) in [5, 5.41) is 47.3. The second-order valence-electron chi connectivity index (χ2n) is 18.4. The SMILES string of the molecule is CCC(=O)O[C@H]1[C@H](O[C@@H]2[C@@H](C)[C@H](O[C@H]3C[C@@](C)(OC)[C@@H](O)[C@H](C)O3)[C@@H](C)C(=O)C[C@H](CC)[C@@](C)(O)[C@H](O)[C@@H](C)N(C)C[C@H](C)C[C@@]2(C)O)O[C@H](C)C[C@H]1N(C)C. The summed E-state index contributed by atoms with van der Waals surface area (Å²) in [5.74, 6) is -2.84. The van der Waals surface area contributed by atoms with E-state index in [1.165, 1.54) is 7.11 Å². The number of carbonyl (C=O) groups excluding carboxylic acids is 2. The lowest BCUT2D eigenvalue weighted by Crippen LogP contribution is -2.61. The molecule has 0 amide bonds. The lowest BCUT2D eigenvalue weighted by molar-refractivity contribution is -0.318. The molecule has 3 rings (SSSR count). The number of aliphatic hydroxyl groups is 4. The van der Waals surface area contributed by atoms with Crippen molar-refractivity contribution in [2.75, 3.05) is 34.8 Å². The highest BCUT2D eigenvalue weighted by Gasteiger charge is 2.53. The molecule has 14 nitrogen and oxygen atoms in total. The fourth-order valence-corrected chi connectivity index (χ4v) is 9.51. The Kier molecular flexibility index (Phi) is 17.4. The first-order valence-corrected chi connectivity index (χ1v) is 20.9. The summed E-state index contributed by atoms with van der Waals surface area (Å²) in [6.07, 6.45) is -6.27. The van der Waals surface area contributed by atoms with Gasteiger partial charge in [-0.25, -0.2) is 0 Å². The first-order valence-electron chi connectivity index (χ1n) is 20.9. The van der Waals surface area contributed by atoms with Crippen molar-refractivity contribution in [2.45, 2.75) is 199 Å². The zero-order chi connectivity index (χ0) is 42.7. The van der Waals surface area contributed by atoms with Crippen LogP contribution in [0.4, 0.5) is 0 Å². The maximum atomic E-state index is 14.6. The molecule has 0 aromatic rings. The largest absolute Gasteiger partial charge is 0.455 e. The summed E-state index contributed by atoms with van der Waals surface area (Å²) in [4.78, 5) is 31.4. The second kappa shape index (κ2) is 19.8. The number of nitrogens with zero attached hydrogens (tertiary/aromatic N) is 2. The number of rotatable bonds is 9. The molecule has 4 N–H and O–H groups in total. The number of Topliss-reactive ketones (excluding diaryl/α,β-unsaturated/α-hetero) is 1. The molecule has 0 radical (unpaired) electrons. The van der Waals surface area contributed by atoms with E-state index in [0.717, 1.165) is 0 Å². The Labute approximate surface area is 336 Å². The summed E-state index contributed by atoms with van der Waals surface area (Å²) in [6.45, 7) is 20.4. The van der Waals surface area contributed by atoms with E-state index in [0.29, 0.717) is 19.4 Å². The number of hydrogen-bond acceptors (Lipinski definition) is 14. The molecule has 3 saturated heterocycles. The van der Waals surface area contributed by atoms with Gasteiger partial charge in [0, 0.05) is 50.8 Å². The van der Waals surface area contributed by atoms with Crippen LogP contribution in [0.1, 0.15) is 115 Å². The van der Waals surface area contributed by atoms with Crippen molar-refractivity contribution in [1.82, 2.24) is 9.80 Å². The Bertz CT molecular complexity index is 1270. The quantitative estimate of drug-likeness (QED) is 0.249. The Morgan fingerprint density at radius 1 is 0.946 bits per heavy atom. The monoisotopic (exact) mass is 803 g/mol. The van der Waals surface area contributed by atoms with Crippen LogP contribution in [0.25, 0.3) is 0 Å². The smallest absolute Gasteiger partial charge is 0.306 e. The summed E-state index contributed by atoms with van der Waals surface area (Å²) in [5.41, 5.74) is -4.16. The van der Waals surface area contributed by atoms with Gasteiger partial charge in [0.25, 0.3) is 0 Å². The van der Waals surface area contributed by atoms with Gasteiger partial charge >= 0.3 is 5.97 Å². The highest BCUT2D eigenvalue weighted by atomic mass is 16.7. The summed E-state index contributed by atoms with van der Waals surface area (Å²) in [7, 11) is 7.24. The van der Waals surface area contributed by atoms with Crippen LogP contribution in [0.2, 0.25) is 0 Å². The fraction of sp³-hybridized carbons (Fsp3) is 0.952. The van der Waals surface area contributed by atoms with Gasteiger partial charge in [-0.3, -0.25) is 9.59 Å². The molecule has 0 aromatic carbocycles. The van der Waals surface area contributed by atoms with Crippen LogP contribution in [-0.4, -0.2) is 161 Å². The summed E-state index contributed by atoms with van der Waals surface area (Å²) in [6, 6.07) is -0.722. The van der Waals surface area contributed by atoms with Gasteiger partial charge in [-0.15, -0.1) is 0 Å². The number of likely N-dealkylation sites (N-methyl/N-ethyl adjacent to an activating group) is 2. The highest BCUT2D eigenvalue weighted by Crippen LogP contribution is 2.41. The van der Waals surface area contributed by atoms with Crippen LogP contribution in [0, 0.1) is 23.7 Å². The number of esters is 1. The molecule has 328 valence electrons. The number of aliphatic hydroxyl groups excluding tert-OH is 2. The van der Waals surface area contributed by atoms with Gasteiger partial charge in [-0.2, -0.15) is 0 Å². The Morgan fingerprint density at radius 3 is 2.12 bits per heavy atom. The zero-order valence-electron chi connectivity index (χ0n) is 37.1. The van der Waals surface area contributed by atoms with Crippen LogP contribution < -0.4 is 0 Å². The lowest BCUT2D eigenvalue weighted by Gasteiger charge is -2.49. The Balaban J connectivity index is 2.23. The molecule has 3 heterocycles. The average molecular weight is 803 g/mol. The standard InChI is InChI=1S/C42H78N2O12/c1-16-29-19-31(45)25(5)34(55-33-21-41(10,51-15)37(48)28(8)53-33)26(6)38(40(9,49)20-23(3)22-44(14)27(7)36(47)42(29,11)50)56-39-35(54-32(46)17-2)30(43(12)13)18-24(4)52-39/h23-30,33-39,47-50H,16-22H2,1-15H3/t23-,24-,25+,26+,27-,28+,29+,30-,33+,34-,35-,36-,37+,38-,39+,40-,41-,42-/m1/s1. The normalized spacial score (nSPS) is 46.9. The number of ketones is 1. The molecule has 0 bridgehead atoms. The third-order valence-corrected chi connectivity index (χ3v) is 13.4. The van der Waals surface area contributed by atoms with Gasteiger partial charge < -0.3 is 58.6 Å². The van der Waals surface area contributed by atoms with Gasteiger partial charge in [-0.1, -0.05) is 41.0 Å². The van der Waals surface area contributed by atoms with Crippen LogP contribution in [0.15, 0.2) is 0 Å². The van der Waals surface area contributed by atoms with Crippen LogP contribution in [0.5, 0.6) is 0 Å². The first-order chi connectivity index (χ1) is 25.8. The van der Waals surface area contributed by atoms with Crippen molar-refractivity contribution in [3.8, 4) is 0 Å².